The van der Waals surface area contributed by atoms with Crippen LogP contribution in [-0.4, -0.2) is 54.6 Å². The Morgan fingerprint density at radius 3 is 2.55 bits per heavy atom. The van der Waals surface area contributed by atoms with Crippen LogP contribution in [0, 0.1) is 0 Å². The highest BCUT2D eigenvalue weighted by molar-refractivity contribution is 5.48. The second-order valence-electron chi connectivity index (χ2n) is 6.02. The summed E-state index contributed by atoms with van der Waals surface area (Å²) < 4.78 is 0. The summed E-state index contributed by atoms with van der Waals surface area (Å²) in [5, 5.41) is 3.31. The first-order valence-corrected chi connectivity index (χ1v) is 7.52. The molecule has 0 radical (unpaired) electrons. The van der Waals surface area contributed by atoms with E-state index in [2.05, 4.69) is 53.2 Å². The van der Waals surface area contributed by atoms with Crippen LogP contribution in [0.3, 0.4) is 0 Å². The number of nitrogens with one attached hydrogen (secondary N) is 1. The van der Waals surface area contributed by atoms with E-state index in [0.29, 0.717) is 5.54 Å². The highest BCUT2D eigenvalue weighted by atomic mass is 15.3. The second-order valence-corrected chi connectivity index (χ2v) is 6.02. The van der Waals surface area contributed by atoms with Gasteiger partial charge >= 0.3 is 0 Å². The molecule has 1 aliphatic carbocycles. The van der Waals surface area contributed by atoms with E-state index in [0.717, 1.165) is 31.1 Å². The molecule has 20 heavy (non-hydrogen) atoms. The highest BCUT2D eigenvalue weighted by Gasteiger charge is 2.40. The van der Waals surface area contributed by atoms with Gasteiger partial charge in [-0.05, 0) is 39.8 Å². The lowest BCUT2D eigenvalue weighted by Crippen LogP contribution is -2.56. The third kappa shape index (κ3) is 3.20. The van der Waals surface area contributed by atoms with Gasteiger partial charge in [-0.1, -0.05) is 6.92 Å². The van der Waals surface area contributed by atoms with E-state index in [1.165, 1.54) is 19.3 Å². The van der Waals surface area contributed by atoms with Crippen molar-refractivity contribution < 1.29 is 0 Å². The van der Waals surface area contributed by atoms with Crippen LogP contribution in [0.25, 0.3) is 0 Å². The summed E-state index contributed by atoms with van der Waals surface area (Å²) in [7, 11) is 6.48. The van der Waals surface area contributed by atoms with Crippen molar-refractivity contribution in [3.8, 4) is 0 Å². The number of hydrogen-bond acceptors (Lipinski definition) is 5. The zero-order valence-corrected chi connectivity index (χ0v) is 13.2. The fourth-order valence-electron chi connectivity index (χ4n) is 2.76. The number of aromatic nitrogens is 2. The number of anilines is 2. The summed E-state index contributed by atoms with van der Waals surface area (Å²) in [4.78, 5) is 13.3. The molecule has 0 unspecified atom stereocenters. The van der Waals surface area contributed by atoms with Gasteiger partial charge < -0.3 is 15.1 Å². The van der Waals surface area contributed by atoms with Crippen molar-refractivity contribution in [3.63, 3.8) is 0 Å². The van der Waals surface area contributed by atoms with E-state index in [4.69, 9.17) is 0 Å². The first-order chi connectivity index (χ1) is 9.57. The minimum atomic E-state index is 0.316. The Hall–Kier alpha value is -1.36. The van der Waals surface area contributed by atoms with E-state index in [-0.39, 0.29) is 0 Å². The summed E-state index contributed by atoms with van der Waals surface area (Å²) in [6, 6.07) is 2.04. The van der Waals surface area contributed by atoms with Gasteiger partial charge in [0.1, 0.15) is 18.0 Å². The summed E-state index contributed by atoms with van der Waals surface area (Å²) in [6.07, 6.45) is 6.62. The largest absolute Gasteiger partial charge is 0.370 e. The van der Waals surface area contributed by atoms with Crippen LogP contribution in [0.5, 0.6) is 0 Å². The molecule has 0 spiro atoms. The Bertz CT molecular complexity index is 428. The molecule has 1 aromatic rings. The summed E-state index contributed by atoms with van der Waals surface area (Å²) in [6.45, 7) is 4.12. The van der Waals surface area contributed by atoms with Gasteiger partial charge in [-0.2, -0.15) is 0 Å². The standard InChI is InChI=1S/C15H27N5/c1-5-9-16-13-10-14(18-12-17-13)20(4)11-15(19(2)3)7-6-8-15/h10,12H,5-9,11H2,1-4H3,(H,16,17,18). The first kappa shape index (κ1) is 15.0. The maximum absolute atomic E-state index is 4.41. The number of nitrogens with zero attached hydrogens (tertiary/aromatic N) is 4. The molecule has 112 valence electrons. The number of likely N-dealkylation sites (N-methyl/N-ethyl adjacent to an activating group) is 2. The van der Waals surface area contributed by atoms with Crippen LogP contribution in [0.2, 0.25) is 0 Å². The van der Waals surface area contributed by atoms with Crippen LogP contribution >= 0.6 is 0 Å². The van der Waals surface area contributed by atoms with Gasteiger partial charge in [0.15, 0.2) is 0 Å². The van der Waals surface area contributed by atoms with Crippen LogP contribution in [-0.2, 0) is 0 Å². The average Bonchev–Trinajstić information content (AvgIpc) is 2.40. The lowest BCUT2D eigenvalue weighted by Gasteiger charge is -2.49. The monoisotopic (exact) mass is 277 g/mol. The van der Waals surface area contributed by atoms with E-state index >= 15 is 0 Å². The molecule has 1 aromatic heterocycles. The Balaban J connectivity index is 2.03. The van der Waals surface area contributed by atoms with Gasteiger partial charge in [-0.25, -0.2) is 9.97 Å². The molecule has 0 amide bonds. The molecule has 5 nitrogen and oxygen atoms in total. The SMILES string of the molecule is CCCNc1cc(N(C)CC2(N(C)C)CCC2)ncn1. The maximum atomic E-state index is 4.41. The minimum absolute atomic E-state index is 0.316. The molecule has 0 bridgehead atoms. The summed E-state index contributed by atoms with van der Waals surface area (Å²) >= 11 is 0. The lowest BCUT2D eigenvalue weighted by atomic mass is 9.75. The summed E-state index contributed by atoms with van der Waals surface area (Å²) in [5.41, 5.74) is 0.316. The molecule has 2 rings (SSSR count). The van der Waals surface area contributed by atoms with E-state index in [9.17, 15) is 0 Å². The molecule has 1 N–H and O–H groups in total. The van der Waals surface area contributed by atoms with Gasteiger partial charge in [0.2, 0.25) is 0 Å². The van der Waals surface area contributed by atoms with Gasteiger partial charge in [0.25, 0.3) is 0 Å². The fourth-order valence-corrected chi connectivity index (χ4v) is 2.76. The minimum Gasteiger partial charge on any atom is -0.370 e. The van der Waals surface area contributed by atoms with Gasteiger partial charge in [-0.15, -0.1) is 0 Å². The van der Waals surface area contributed by atoms with Crippen molar-refractivity contribution in [3.05, 3.63) is 12.4 Å². The first-order valence-electron chi connectivity index (χ1n) is 7.52. The third-order valence-corrected chi connectivity index (χ3v) is 4.36. The van der Waals surface area contributed by atoms with Crippen LogP contribution in [0.15, 0.2) is 12.4 Å². The van der Waals surface area contributed by atoms with Gasteiger partial charge in [0.05, 0.1) is 0 Å². The van der Waals surface area contributed by atoms with Gasteiger partial charge in [-0.3, -0.25) is 0 Å². The zero-order chi connectivity index (χ0) is 14.6. The van der Waals surface area contributed by atoms with Gasteiger partial charge in [0, 0.05) is 31.7 Å². The lowest BCUT2D eigenvalue weighted by molar-refractivity contribution is 0.0682. The van der Waals surface area contributed by atoms with Crippen molar-refractivity contribution in [1.82, 2.24) is 14.9 Å². The smallest absolute Gasteiger partial charge is 0.133 e. The third-order valence-electron chi connectivity index (χ3n) is 4.36. The molecular formula is C15H27N5. The predicted molar refractivity (Wildman–Crippen MR) is 84.4 cm³/mol. The van der Waals surface area contributed by atoms with Crippen molar-refractivity contribution in [2.24, 2.45) is 0 Å². The molecular weight excluding hydrogens is 250 g/mol. The van der Waals surface area contributed by atoms with Crippen LogP contribution in [0.4, 0.5) is 11.6 Å². The second kappa shape index (κ2) is 6.39. The molecule has 0 atom stereocenters. The van der Waals surface area contributed by atoms with Crippen LogP contribution in [0.1, 0.15) is 32.6 Å². The Kier molecular flexibility index (Phi) is 4.81. The fraction of sp³-hybridized carbons (Fsp3) is 0.733. The topological polar surface area (TPSA) is 44.3 Å². The molecule has 0 saturated heterocycles. The Morgan fingerprint density at radius 2 is 2.00 bits per heavy atom. The zero-order valence-electron chi connectivity index (χ0n) is 13.2. The molecule has 5 heteroatoms. The molecule has 1 heterocycles. The molecule has 0 aliphatic heterocycles. The number of hydrogen-bond donors (Lipinski definition) is 1. The van der Waals surface area contributed by atoms with E-state index in [1.807, 2.05) is 6.07 Å². The molecule has 0 aromatic carbocycles. The molecule has 1 aliphatic rings. The highest BCUT2D eigenvalue weighted by Crippen LogP contribution is 2.37. The van der Waals surface area contributed by atoms with E-state index in [1.54, 1.807) is 6.33 Å². The maximum Gasteiger partial charge on any atom is 0.133 e. The normalized spacial score (nSPS) is 16.9. The quantitative estimate of drug-likeness (QED) is 0.828. The predicted octanol–water partition coefficient (Wildman–Crippen LogP) is 2.22. The summed E-state index contributed by atoms with van der Waals surface area (Å²) in [5.74, 6) is 1.91. The van der Waals surface area contributed by atoms with Crippen molar-refractivity contribution >= 4 is 11.6 Å². The van der Waals surface area contributed by atoms with Crippen molar-refractivity contribution in [2.75, 3.05) is 44.4 Å². The number of rotatable bonds is 7. The Morgan fingerprint density at radius 1 is 1.25 bits per heavy atom. The molecule has 1 saturated carbocycles. The van der Waals surface area contributed by atoms with Crippen molar-refractivity contribution in [1.29, 1.82) is 0 Å². The average molecular weight is 277 g/mol. The van der Waals surface area contributed by atoms with E-state index < -0.39 is 0 Å². The molecule has 1 fully saturated rings. The van der Waals surface area contributed by atoms with Crippen LogP contribution < -0.4 is 10.2 Å². The van der Waals surface area contributed by atoms with Crippen molar-refractivity contribution in [2.45, 2.75) is 38.1 Å². The Labute approximate surface area is 122 Å².